The Kier molecular flexibility index (Phi) is 6.02. The topological polar surface area (TPSA) is 63.5 Å². The molecule has 6 heteroatoms. The molecule has 1 aromatic rings. The molecule has 0 bridgehead atoms. The summed E-state index contributed by atoms with van der Waals surface area (Å²) in [4.78, 5) is 2.29. The zero-order chi connectivity index (χ0) is 22.2. The molecule has 1 aromatic carbocycles. The van der Waals surface area contributed by atoms with Crippen LogP contribution in [0, 0.1) is 11.3 Å². The minimum Gasteiger partial charge on any atom is -0.492 e. The smallest absolute Gasteiger partial charge is 0.231 e. The third-order valence-corrected chi connectivity index (χ3v) is 7.15. The summed E-state index contributed by atoms with van der Waals surface area (Å²) in [6, 6.07) is 2.10. The molecule has 2 heterocycles. The van der Waals surface area contributed by atoms with E-state index in [9.17, 15) is 5.21 Å². The van der Waals surface area contributed by atoms with E-state index < -0.39 is 0 Å². The van der Waals surface area contributed by atoms with Crippen molar-refractivity contribution >= 4 is 5.71 Å². The Morgan fingerprint density at radius 2 is 2.19 bits per heavy atom. The summed E-state index contributed by atoms with van der Waals surface area (Å²) in [5.74, 6) is 2.49. The maximum Gasteiger partial charge on any atom is 0.231 e. The van der Waals surface area contributed by atoms with Crippen LogP contribution in [0.4, 0.5) is 0 Å². The molecule has 1 N–H and O–H groups in total. The average Bonchev–Trinajstić information content (AvgIpc) is 3.20. The molecule has 4 rings (SSSR count). The van der Waals surface area contributed by atoms with Gasteiger partial charge in [-0.2, -0.15) is 0 Å². The Hall–Kier alpha value is -2.47. The first-order valence-corrected chi connectivity index (χ1v) is 11.1. The van der Waals surface area contributed by atoms with Crippen LogP contribution >= 0.6 is 0 Å². The second kappa shape index (κ2) is 8.58. The van der Waals surface area contributed by atoms with Gasteiger partial charge in [0.1, 0.15) is 0 Å². The maximum atomic E-state index is 9.83. The lowest BCUT2D eigenvalue weighted by atomic mass is 9.68. The SMILES string of the molecule is COc1c2c(cc3c1C(CC(C=CC1C(C)=CCCC1(C)C)=NO)N(C)CC3)OCO2. The molecule has 2 aliphatic heterocycles. The zero-order valence-electron chi connectivity index (χ0n) is 19.3. The number of nitrogens with zero attached hydrogens (tertiary/aromatic N) is 2. The predicted octanol–water partition coefficient (Wildman–Crippen LogP) is 5.11. The second-order valence-corrected chi connectivity index (χ2v) is 9.57. The average molecular weight is 427 g/mol. The minimum absolute atomic E-state index is 0.0276. The monoisotopic (exact) mass is 426 g/mol. The van der Waals surface area contributed by atoms with Gasteiger partial charge in [0.15, 0.2) is 11.5 Å². The van der Waals surface area contributed by atoms with Gasteiger partial charge in [-0.15, -0.1) is 0 Å². The number of benzene rings is 1. The lowest BCUT2D eigenvalue weighted by molar-refractivity contribution is 0.170. The van der Waals surface area contributed by atoms with Gasteiger partial charge in [-0.3, -0.25) is 4.90 Å². The first kappa shape index (κ1) is 21.8. The van der Waals surface area contributed by atoms with Crippen molar-refractivity contribution in [2.45, 2.75) is 52.5 Å². The largest absolute Gasteiger partial charge is 0.492 e. The number of likely N-dealkylation sites (N-methyl/N-ethyl adjacent to an activating group) is 1. The molecular formula is C25H34N2O4. The second-order valence-electron chi connectivity index (χ2n) is 9.57. The van der Waals surface area contributed by atoms with Gasteiger partial charge in [0.2, 0.25) is 12.5 Å². The van der Waals surface area contributed by atoms with Crippen LogP contribution in [0.1, 0.15) is 57.2 Å². The van der Waals surface area contributed by atoms with Gasteiger partial charge in [-0.1, -0.05) is 36.7 Å². The third kappa shape index (κ3) is 4.05. The molecule has 0 radical (unpaired) electrons. The molecule has 1 aliphatic carbocycles. The molecule has 31 heavy (non-hydrogen) atoms. The Balaban J connectivity index is 1.63. The van der Waals surface area contributed by atoms with Crippen LogP contribution in [0.15, 0.2) is 35.0 Å². The summed E-state index contributed by atoms with van der Waals surface area (Å²) >= 11 is 0. The number of ether oxygens (including phenoxy) is 3. The highest BCUT2D eigenvalue weighted by molar-refractivity contribution is 5.95. The molecule has 6 nitrogen and oxygen atoms in total. The standard InChI is InChI=1S/C25H34N2O4/c1-16-7-6-11-25(2,3)19(16)9-8-18(26-28)14-20-22-17(10-12-27(20)4)13-21-23(24(22)29-5)31-15-30-21/h7-9,13,19-20,28H,6,10-12,14-15H2,1-5H3. The fourth-order valence-electron chi connectivity index (χ4n) is 5.31. The number of hydrogen-bond donors (Lipinski definition) is 1. The minimum atomic E-state index is 0.0276. The predicted molar refractivity (Wildman–Crippen MR) is 121 cm³/mol. The van der Waals surface area contributed by atoms with E-state index >= 15 is 0 Å². The highest BCUT2D eigenvalue weighted by Crippen LogP contribution is 2.50. The third-order valence-electron chi connectivity index (χ3n) is 7.15. The van der Waals surface area contributed by atoms with Crippen molar-refractivity contribution in [3.8, 4) is 17.2 Å². The molecule has 0 aromatic heterocycles. The molecule has 0 saturated heterocycles. The first-order valence-electron chi connectivity index (χ1n) is 11.1. The van der Waals surface area contributed by atoms with Crippen molar-refractivity contribution in [1.82, 2.24) is 4.90 Å². The number of fused-ring (bicyclic) bond motifs is 2. The fraction of sp³-hybridized carbons (Fsp3) is 0.560. The van der Waals surface area contributed by atoms with E-state index in [-0.39, 0.29) is 18.2 Å². The normalized spacial score (nSPS) is 25.5. The van der Waals surface area contributed by atoms with Gasteiger partial charge >= 0.3 is 0 Å². The summed E-state index contributed by atoms with van der Waals surface area (Å²) in [5.41, 5.74) is 4.56. The quantitative estimate of drug-likeness (QED) is 0.307. The Bertz CT molecular complexity index is 932. The summed E-state index contributed by atoms with van der Waals surface area (Å²) in [6.07, 6.45) is 10.3. The van der Waals surface area contributed by atoms with E-state index in [1.54, 1.807) is 7.11 Å². The van der Waals surface area contributed by atoms with E-state index in [4.69, 9.17) is 14.2 Å². The molecule has 3 aliphatic rings. The van der Waals surface area contributed by atoms with Gasteiger partial charge < -0.3 is 19.4 Å². The van der Waals surface area contributed by atoms with Crippen LogP contribution < -0.4 is 14.2 Å². The van der Waals surface area contributed by atoms with Crippen LogP contribution in [-0.4, -0.2) is 43.3 Å². The Labute approximate surface area is 185 Å². The zero-order valence-corrected chi connectivity index (χ0v) is 19.3. The molecule has 0 saturated carbocycles. The highest BCUT2D eigenvalue weighted by Gasteiger charge is 2.35. The van der Waals surface area contributed by atoms with Gasteiger partial charge in [-0.25, -0.2) is 0 Å². The van der Waals surface area contributed by atoms with Gasteiger partial charge in [0, 0.05) is 30.5 Å². The lowest BCUT2D eigenvalue weighted by Crippen LogP contribution is -2.34. The summed E-state index contributed by atoms with van der Waals surface area (Å²) in [5, 5.41) is 13.5. The fourth-order valence-corrected chi connectivity index (χ4v) is 5.31. The first-order chi connectivity index (χ1) is 14.9. The van der Waals surface area contributed by atoms with Crippen LogP contribution in [0.5, 0.6) is 17.2 Å². The summed E-state index contributed by atoms with van der Waals surface area (Å²) in [6.45, 7) is 7.95. The molecular weight excluding hydrogens is 392 g/mol. The molecule has 2 unspecified atom stereocenters. The molecule has 0 spiro atoms. The van der Waals surface area contributed by atoms with Gasteiger partial charge in [0.25, 0.3) is 0 Å². The van der Waals surface area contributed by atoms with Crippen molar-refractivity contribution in [2.75, 3.05) is 27.5 Å². The number of oxime groups is 1. The highest BCUT2D eigenvalue weighted by atomic mass is 16.7. The van der Waals surface area contributed by atoms with Crippen LogP contribution in [0.3, 0.4) is 0 Å². The van der Waals surface area contributed by atoms with E-state index in [0.29, 0.717) is 23.8 Å². The maximum absolute atomic E-state index is 9.83. The molecule has 168 valence electrons. The van der Waals surface area contributed by atoms with Crippen LogP contribution in [-0.2, 0) is 6.42 Å². The van der Waals surface area contributed by atoms with Gasteiger partial charge in [0.05, 0.1) is 12.8 Å². The number of hydrogen-bond acceptors (Lipinski definition) is 6. The van der Waals surface area contributed by atoms with Crippen LogP contribution in [0.25, 0.3) is 0 Å². The summed E-state index contributed by atoms with van der Waals surface area (Å²) in [7, 11) is 3.78. The lowest BCUT2D eigenvalue weighted by Gasteiger charge is -2.37. The Morgan fingerprint density at radius 3 is 2.90 bits per heavy atom. The summed E-state index contributed by atoms with van der Waals surface area (Å²) < 4.78 is 17.1. The van der Waals surface area contributed by atoms with Crippen molar-refractivity contribution in [1.29, 1.82) is 0 Å². The van der Waals surface area contributed by atoms with Crippen LogP contribution in [0.2, 0.25) is 0 Å². The van der Waals surface area contributed by atoms with E-state index in [1.807, 2.05) is 6.08 Å². The van der Waals surface area contributed by atoms with Crippen molar-refractivity contribution < 1.29 is 19.4 Å². The van der Waals surface area contributed by atoms with Crippen molar-refractivity contribution in [2.24, 2.45) is 16.5 Å². The van der Waals surface area contributed by atoms with Crippen molar-refractivity contribution in [3.05, 3.63) is 41.0 Å². The van der Waals surface area contributed by atoms with E-state index in [2.05, 4.69) is 56.1 Å². The number of methoxy groups -OCH3 is 1. The Morgan fingerprint density at radius 1 is 1.39 bits per heavy atom. The van der Waals surface area contributed by atoms with Gasteiger partial charge in [-0.05, 0) is 56.4 Å². The number of rotatable bonds is 5. The molecule has 2 atom stereocenters. The molecule has 0 amide bonds. The van der Waals surface area contributed by atoms with Crippen molar-refractivity contribution in [3.63, 3.8) is 0 Å². The van der Waals surface area contributed by atoms with E-state index in [0.717, 1.165) is 42.9 Å². The molecule has 0 fully saturated rings. The van der Waals surface area contributed by atoms with E-state index in [1.165, 1.54) is 11.1 Å². The number of allylic oxidation sites excluding steroid dienone is 4.